The highest BCUT2D eigenvalue weighted by Gasteiger charge is 2.42. The molecule has 1 unspecified atom stereocenters. The molecular formula is C29H38F3N3O2. The fourth-order valence-electron chi connectivity index (χ4n) is 6.38. The summed E-state index contributed by atoms with van der Waals surface area (Å²) in [6.07, 6.45) is -0.141. The molecule has 1 aromatic carbocycles. The van der Waals surface area contributed by atoms with Gasteiger partial charge in [-0.2, -0.15) is 17.9 Å². The second kappa shape index (κ2) is 10.3. The number of hydrogen-bond donors (Lipinski definition) is 0. The topological polar surface area (TPSA) is 50.5 Å². The van der Waals surface area contributed by atoms with E-state index in [1.807, 2.05) is 11.8 Å². The molecule has 3 atom stereocenters. The van der Waals surface area contributed by atoms with Crippen LogP contribution >= 0.6 is 0 Å². The molecule has 8 heteroatoms. The normalized spacial score (nSPS) is 23.6. The number of likely N-dealkylation sites (tertiary alicyclic amines) is 2. The number of carbonyl (C=O) groups is 1. The van der Waals surface area contributed by atoms with Crippen molar-refractivity contribution in [3.63, 3.8) is 0 Å². The van der Waals surface area contributed by atoms with Crippen molar-refractivity contribution in [3.05, 3.63) is 69.7 Å². The van der Waals surface area contributed by atoms with Gasteiger partial charge in [0.15, 0.2) is 6.20 Å². The molecule has 2 saturated heterocycles. The van der Waals surface area contributed by atoms with Crippen molar-refractivity contribution in [2.24, 2.45) is 11.8 Å². The smallest absolute Gasteiger partial charge is 0.416 e. The fourth-order valence-corrected chi connectivity index (χ4v) is 6.38. The molecule has 0 aliphatic carbocycles. The van der Waals surface area contributed by atoms with Crippen LogP contribution < -0.4 is 4.73 Å². The first kappa shape index (κ1) is 27.4. The molecule has 0 spiro atoms. The predicted molar refractivity (Wildman–Crippen MR) is 137 cm³/mol. The van der Waals surface area contributed by atoms with Crippen molar-refractivity contribution < 1.29 is 22.7 Å². The Labute approximate surface area is 217 Å². The number of aromatic nitrogens is 1. The highest BCUT2D eigenvalue weighted by molar-refractivity contribution is 5.96. The van der Waals surface area contributed by atoms with Crippen molar-refractivity contribution in [1.82, 2.24) is 9.80 Å². The van der Waals surface area contributed by atoms with Gasteiger partial charge >= 0.3 is 6.18 Å². The van der Waals surface area contributed by atoms with Crippen LogP contribution in [0.25, 0.3) is 0 Å². The SMILES string of the molecule is Cc1cc[n+]([O-])c(C)c1C(=O)N1CCC(C)(N2CCC([C@@H](C)c3ccc(C(F)(F)F)cc3)[C@@H](C)C2)CC1. The first-order valence-corrected chi connectivity index (χ1v) is 13.2. The highest BCUT2D eigenvalue weighted by Crippen LogP contribution is 2.41. The average molecular weight is 518 g/mol. The number of pyridine rings is 1. The summed E-state index contributed by atoms with van der Waals surface area (Å²) in [7, 11) is 0. The van der Waals surface area contributed by atoms with E-state index in [1.165, 1.54) is 18.3 Å². The number of aryl methyl sites for hydroxylation is 1. The summed E-state index contributed by atoms with van der Waals surface area (Å²) in [5, 5.41) is 12.0. The maximum absolute atomic E-state index is 13.3. The van der Waals surface area contributed by atoms with Gasteiger partial charge in [-0.25, -0.2) is 0 Å². The van der Waals surface area contributed by atoms with Gasteiger partial charge in [-0.05, 0) is 80.7 Å². The lowest BCUT2D eigenvalue weighted by Gasteiger charge is -2.51. The lowest BCUT2D eigenvalue weighted by atomic mass is 9.73. The summed E-state index contributed by atoms with van der Waals surface area (Å²) >= 11 is 0. The third-order valence-corrected chi connectivity index (χ3v) is 9.03. The van der Waals surface area contributed by atoms with Gasteiger partial charge in [-0.15, -0.1) is 0 Å². The summed E-state index contributed by atoms with van der Waals surface area (Å²) in [5.74, 6) is 0.929. The number of carbonyl (C=O) groups excluding carboxylic acids is 1. The number of halogens is 3. The Morgan fingerprint density at radius 2 is 1.73 bits per heavy atom. The summed E-state index contributed by atoms with van der Waals surface area (Å²) in [4.78, 5) is 17.7. The van der Waals surface area contributed by atoms with Gasteiger partial charge in [0.1, 0.15) is 5.56 Å². The zero-order valence-electron chi connectivity index (χ0n) is 22.4. The Bertz CT molecular complexity index is 1120. The van der Waals surface area contributed by atoms with Crippen LogP contribution in [0.5, 0.6) is 0 Å². The van der Waals surface area contributed by atoms with Crippen LogP contribution in [0, 0.1) is 30.9 Å². The molecule has 2 aliphatic rings. The van der Waals surface area contributed by atoms with Gasteiger partial charge in [0.05, 0.1) is 5.56 Å². The molecule has 2 fully saturated rings. The minimum absolute atomic E-state index is 0.00712. The Morgan fingerprint density at radius 3 is 2.30 bits per heavy atom. The van der Waals surface area contributed by atoms with Crippen LogP contribution in [0.1, 0.15) is 78.7 Å². The number of alkyl halides is 3. The molecule has 4 rings (SSSR count). The van der Waals surface area contributed by atoms with E-state index in [1.54, 1.807) is 25.1 Å². The van der Waals surface area contributed by atoms with E-state index in [2.05, 4.69) is 25.7 Å². The Hall–Kier alpha value is -2.61. The lowest BCUT2D eigenvalue weighted by molar-refractivity contribution is -0.612. The zero-order valence-corrected chi connectivity index (χ0v) is 22.4. The number of piperidine rings is 2. The number of nitrogens with zero attached hydrogens (tertiary/aromatic N) is 3. The van der Waals surface area contributed by atoms with Crippen LogP contribution in [0.3, 0.4) is 0 Å². The van der Waals surface area contributed by atoms with Crippen molar-refractivity contribution >= 4 is 5.91 Å². The molecule has 2 aliphatic heterocycles. The maximum atomic E-state index is 13.3. The minimum Gasteiger partial charge on any atom is -0.618 e. The summed E-state index contributed by atoms with van der Waals surface area (Å²) in [6, 6.07) is 7.34. The van der Waals surface area contributed by atoms with Crippen LogP contribution in [-0.2, 0) is 6.18 Å². The number of benzene rings is 1. The molecule has 0 N–H and O–H groups in total. The molecule has 5 nitrogen and oxygen atoms in total. The zero-order chi connectivity index (χ0) is 27.1. The Morgan fingerprint density at radius 1 is 1.11 bits per heavy atom. The quantitative estimate of drug-likeness (QED) is 0.386. The average Bonchev–Trinajstić information content (AvgIpc) is 2.86. The first-order valence-electron chi connectivity index (χ1n) is 13.2. The molecule has 202 valence electrons. The van der Waals surface area contributed by atoms with E-state index in [9.17, 15) is 23.2 Å². The predicted octanol–water partition coefficient (Wildman–Crippen LogP) is 5.71. The van der Waals surface area contributed by atoms with Crippen LogP contribution in [0.4, 0.5) is 13.2 Å². The molecule has 0 bridgehead atoms. The van der Waals surface area contributed by atoms with E-state index in [0.717, 1.165) is 48.2 Å². The molecule has 1 aromatic heterocycles. The molecule has 2 aromatic rings. The first-order chi connectivity index (χ1) is 17.3. The van der Waals surface area contributed by atoms with Gasteiger partial charge in [0.25, 0.3) is 5.91 Å². The largest absolute Gasteiger partial charge is 0.618 e. The molecule has 1 amide bonds. The summed E-state index contributed by atoms with van der Waals surface area (Å²) in [5.41, 5.74) is 2.12. The minimum atomic E-state index is -4.31. The monoisotopic (exact) mass is 517 g/mol. The van der Waals surface area contributed by atoms with Crippen molar-refractivity contribution in [1.29, 1.82) is 0 Å². The number of rotatable bonds is 4. The molecule has 0 saturated carbocycles. The molecule has 37 heavy (non-hydrogen) atoms. The van der Waals surface area contributed by atoms with Gasteiger partial charge in [-0.1, -0.05) is 26.0 Å². The Balaban J connectivity index is 1.37. The lowest BCUT2D eigenvalue weighted by Crippen LogP contribution is -2.58. The third-order valence-electron chi connectivity index (χ3n) is 9.03. The fraction of sp³-hybridized carbons (Fsp3) is 0.586. The van der Waals surface area contributed by atoms with E-state index >= 15 is 0 Å². The molecule has 0 radical (unpaired) electrons. The Kier molecular flexibility index (Phi) is 7.62. The van der Waals surface area contributed by atoms with Gasteiger partial charge in [-0.3, -0.25) is 9.69 Å². The highest BCUT2D eigenvalue weighted by atomic mass is 19.4. The van der Waals surface area contributed by atoms with Gasteiger partial charge in [0, 0.05) is 38.2 Å². The van der Waals surface area contributed by atoms with Gasteiger partial charge < -0.3 is 10.1 Å². The van der Waals surface area contributed by atoms with Crippen LogP contribution in [0.15, 0.2) is 36.5 Å². The molecule has 3 heterocycles. The van der Waals surface area contributed by atoms with Crippen molar-refractivity contribution in [2.75, 3.05) is 26.2 Å². The summed E-state index contributed by atoms with van der Waals surface area (Å²) < 4.78 is 39.6. The summed E-state index contributed by atoms with van der Waals surface area (Å²) in [6.45, 7) is 13.4. The van der Waals surface area contributed by atoms with E-state index < -0.39 is 11.7 Å². The second-order valence-electron chi connectivity index (χ2n) is 11.4. The second-order valence-corrected chi connectivity index (χ2v) is 11.4. The van der Waals surface area contributed by atoms with Crippen LogP contribution in [-0.4, -0.2) is 47.4 Å². The van der Waals surface area contributed by atoms with E-state index in [0.29, 0.717) is 36.2 Å². The van der Waals surface area contributed by atoms with Gasteiger partial charge in [0.2, 0.25) is 5.69 Å². The van der Waals surface area contributed by atoms with Crippen LogP contribution in [0.2, 0.25) is 0 Å². The number of hydrogen-bond acceptors (Lipinski definition) is 3. The maximum Gasteiger partial charge on any atom is 0.416 e. The van der Waals surface area contributed by atoms with Crippen molar-refractivity contribution in [3.8, 4) is 0 Å². The van der Waals surface area contributed by atoms with E-state index in [4.69, 9.17) is 0 Å². The third kappa shape index (κ3) is 5.49. The van der Waals surface area contributed by atoms with E-state index in [-0.39, 0.29) is 17.4 Å². The molecular weight excluding hydrogens is 479 g/mol. The standard InChI is InChI=1S/C29H38F3N3O2/c1-19-10-15-35(37)22(4)26(19)27(36)33-16-12-28(5,13-17-33)34-14-11-25(20(2)18-34)21(3)23-6-8-24(9-7-23)29(30,31)32/h6-10,15,20-21,25H,11-14,16-18H2,1-5H3/t20-,21-,25?/m0/s1. The number of amides is 1. The van der Waals surface area contributed by atoms with Crippen molar-refractivity contribution in [2.45, 2.75) is 71.5 Å².